The van der Waals surface area contributed by atoms with Crippen LogP contribution in [0.4, 0.5) is 0 Å². The van der Waals surface area contributed by atoms with E-state index in [1.807, 2.05) is 0 Å². The first-order chi connectivity index (χ1) is 5.33. The van der Waals surface area contributed by atoms with E-state index < -0.39 is 5.79 Å². The molecule has 1 N–H and O–H groups in total. The van der Waals surface area contributed by atoms with Crippen molar-refractivity contribution >= 4 is 0 Å². The summed E-state index contributed by atoms with van der Waals surface area (Å²) in [6.45, 7) is 5.05. The standard InChI is InChI=1S/C8H14O3/c1-2-8(4-3-5-9)10-6-7-11-8/h2,9H,1,3-7H2. The van der Waals surface area contributed by atoms with Crippen LogP contribution in [0.5, 0.6) is 0 Å². The Hall–Kier alpha value is -0.380. The summed E-state index contributed by atoms with van der Waals surface area (Å²) in [5.41, 5.74) is 0. The summed E-state index contributed by atoms with van der Waals surface area (Å²) in [6, 6.07) is 0. The minimum Gasteiger partial charge on any atom is -0.396 e. The number of aliphatic hydroxyl groups is 1. The third-order valence-electron chi connectivity index (χ3n) is 1.77. The van der Waals surface area contributed by atoms with Crippen LogP contribution in [0.1, 0.15) is 12.8 Å². The Morgan fingerprint density at radius 2 is 2.09 bits per heavy atom. The molecule has 0 aromatic rings. The second kappa shape index (κ2) is 3.85. The Bertz CT molecular complexity index is 127. The second-order valence-electron chi connectivity index (χ2n) is 2.54. The third-order valence-corrected chi connectivity index (χ3v) is 1.77. The van der Waals surface area contributed by atoms with Crippen molar-refractivity contribution < 1.29 is 14.6 Å². The van der Waals surface area contributed by atoms with E-state index >= 15 is 0 Å². The first kappa shape index (κ1) is 8.71. The van der Waals surface area contributed by atoms with Gasteiger partial charge in [-0.3, -0.25) is 0 Å². The maximum Gasteiger partial charge on any atom is 0.187 e. The van der Waals surface area contributed by atoms with Crippen molar-refractivity contribution in [2.75, 3.05) is 19.8 Å². The number of ether oxygens (including phenoxy) is 2. The zero-order chi connectivity index (χ0) is 8.16. The lowest BCUT2D eigenvalue weighted by Crippen LogP contribution is -2.27. The topological polar surface area (TPSA) is 38.7 Å². The zero-order valence-electron chi connectivity index (χ0n) is 6.58. The van der Waals surface area contributed by atoms with E-state index in [1.165, 1.54) is 0 Å². The number of rotatable bonds is 4. The molecular weight excluding hydrogens is 144 g/mol. The van der Waals surface area contributed by atoms with E-state index in [9.17, 15) is 0 Å². The highest BCUT2D eigenvalue weighted by Gasteiger charge is 2.32. The van der Waals surface area contributed by atoms with Gasteiger partial charge in [-0.15, -0.1) is 0 Å². The Balaban J connectivity index is 2.39. The third kappa shape index (κ3) is 2.02. The van der Waals surface area contributed by atoms with Gasteiger partial charge in [0.1, 0.15) is 0 Å². The molecule has 0 bridgehead atoms. The maximum atomic E-state index is 8.59. The summed E-state index contributed by atoms with van der Waals surface area (Å²) in [6.07, 6.45) is 3.04. The Labute approximate surface area is 66.6 Å². The van der Waals surface area contributed by atoms with Gasteiger partial charge in [-0.25, -0.2) is 0 Å². The summed E-state index contributed by atoms with van der Waals surface area (Å²) in [4.78, 5) is 0. The lowest BCUT2D eigenvalue weighted by atomic mass is 10.1. The van der Waals surface area contributed by atoms with Crippen LogP contribution in [-0.2, 0) is 9.47 Å². The van der Waals surface area contributed by atoms with Gasteiger partial charge in [0.25, 0.3) is 0 Å². The predicted octanol–water partition coefficient (Wildman–Crippen LogP) is 0.688. The molecule has 64 valence electrons. The molecule has 0 radical (unpaired) electrons. The highest BCUT2D eigenvalue weighted by molar-refractivity contribution is 4.91. The first-order valence-electron chi connectivity index (χ1n) is 3.85. The lowest BCUT2D eigenvalue weighted by Gasteiger charge is -2.22. The van der Waals surface area contributed by atoms with E-state index in [0.29, 0.717) is 26.1 Å². The minimum absolute atomic E-state index is 0.169. The van der Waals surface area contributed by atoms with E-state index in [4.69, 9.17) is 14.6 Å². The zero-order valence-corrected chi connectivity index (χ0v) is 6.58. The molecule has 0 spiro atoms. The molecule has 3 heteroatoms. The van der Waals surface area contributed by atoms with Gasteiger partial charge in [-0.05, 0) is 12.5 Å². The molecule has 0 aromatic carbocycles. The van der Waals surface area contributed by atoms with Gasteiger partial charge in [-0.2, -0.15) is 0 Å². The summed E-state index contributed by atoms with van der Waals surface area (Å²) in [7, 11) is 0. The van der Waals surface area contributed by atoms with Crippen molar-refractivity contribution in [3.63, 3.8) is 0 Å². The molecule has 0 unspecified atom stereocenters. The van der Waals surface area contributed by atoms with E-state index in [0.717, 1.165) is 0 Å². The number of hydrogen-bond acceptors (Lipinski definition) is 3. The van der Waals surface area contributed by atoms with Crippen LogP contribution in [0, 0.1) is 0 Å². The van der Waals surface area contributed by atoms with Gasteiger partial charge < -0.3 is 14.6 Å². The molecule has 0 atom stereocenters. The van der Waals surface area contributed by atoms with E-state index in [2.05, 4.69) is 6.58 Å². The molecule has 11 heavy (non-hydrogen) atoms. The SMILES string of the molecule is C=CC1(CCCO)OCCO1. The molecule has 1 heterocycles. The van der Waals surface area contributed by atoms with Crippen molar-refractivity contribution in [2.45, 2.75) is 18.6 Å². The van der Waals surface area contributed by atoms with Crippen molar-refractivity contribution in [3.05, 3.63) is 12.7 Å². The smallest absolute Gasteiger partial charge is 0.187 e. The van der Waals surface area contributed by atoms with Crippen molar-refractivity contribution in [2.24, 2.45) is 0 Å². The van der Waals surface area contributed by atoms with Crippen LogP contribution in [0.3, 0.4) is 0 Å². The van der Waals surface area contributed by atoms with Crippen LogP contribution in [0.25, 0.3) is 0 Å². The van der Waals surface area contributed by atoms with Gasteiger partial charge in [-0.1, -0.05) is 6.58 Å². The Kier molecular flexibility index (Phi) is 3.05. The normalized spacial score (nSPS) is 21.9. The second-order valence-corrected chi connectivity index (χ2v) is 2.54. The lowest BCUT2D eigenvalue weighted by molar-refractivity contribution is -0.123. The molecule has 0 aliphatic carbocycles. The van der Waals surface area contributed by atoms with Crippen LogP contribution in [0.2, 0.25) is 0 Å². The molecule has 1 rings (SSSR count). The largest absolute Gasteiger partial charge is 0.396 e. The maximum absolute atomic E-state index is 8.59. The monoisotopic (exact) mass is 158 g/mol. The predicted molar refractivity (Wildman–Crippen MR) is 41.2 cm³/mol. The molecule has 1 fully saturated rings. The van der Waals surface area contributed by atoms with Crippen LogP contribution < -0.4 is 0 Å². The molecule has 1 aliphatic rings. The first-order valence-corrected chi connectivity index (χ1v) is 3.85. The summed E-state index contributed by atoms with van der Waals surface area (Å²) >= 11 is 0. The van der Waals surface area contributed by atoms with Gasteiger partial charge in [0.15, 0.2) is 5.79 Å². The molecular formula is C8H14O3. The van der Waals surface area contributed by atoms with Gasteiger partial charge in [0.2, 0.25) is 0 Å². The fourth-order valence-corrected chi connectivity index (χ4v) is 1.16. The average Bonchev–Trinajstić information content (AvgIpc) is 2.50. The molecule has 1 saturated heterocycles. The molecule has 0 amide bonds. The number of hydrogen-bond donors (Lipinski definition) is 1. The number of aliphatic hydroxyl groups excluding tert-OH is 1. The quantitative estimate of drug-likeness (QED) is 0.612. The molecule has 0 aromatic heterocycles. The highest BCUT2D eigenvalue weighted by atomic mass is 16.7. The minimum atomic E-state index is -0.608. The highest BCUT2D eigenvalue weighted by Crippen LogP contribution is 2.25. The summed E-state index contributed by atoms with van der Waals surface area (Å²) < 4.78 is 10.7. The average molecular weight is 158 g/mol. The summed E-state index contributed by atoms with van der Waals surface area (Å²) in [5, 5.41) is 8.59. The van der Waals surface area contributed by atoms with Gasteiger partial charge in [0.05, 0.1) is 13.2 Å². The molecule has 0 saturated carbocycles. The van der Waals surface area contributed by atoms with Gasteiger partial charge in [0, 0.05) is 13.0 Å². The van der Waals surface area contributed by atoms with Crippen molar-refractivity contribution in [1.29, 1.82) is 0 Å². The summed E-state index contributed by atoms with van der Waals surface area (Å²) in [5.74, 6) is -0.608. The van der Waals surface area contributed by atoms with Crippen molar-refractivity contribution in [3.8, 4) is 0 Å². The fourth-order valence-electron chi connectivity index (χ4n) is 1.16. The van der Waals surface area contributed by atoms with Gasteiger partial charge >= 0.3 is 0 Å². The Morgan fingerprint density at radius 1 is 1.45 bits per heavy atom. The van der Waals surface area contributed by atoms with E-state index in [1.54, 1.807) is 6.08 Å². The molecule has 3 nitrogen and oxygen atoms in total. The molecule has 1 aliphatic heterocycles. The van der Waals surface area contributed by atoms with Crippen molar-refractivity contribution in [1.82, 2.24) is 0 Å². The van der Waals surface area contributed by atoms with E-state index in [-0.39, 0.29) is 6.61 Å². The fraction of sp³-hybridized carbons (Fsp3) is 0.750. The Morgan fingerprint density at radius 3 is 2.55 bits per heavy atom. The van der Waals surface area contributed by atoms with Crippen LogP contribution >= 0.6 is 0 Å². The van der Waals surface area contributed by atoms with Crippen LogP contribution in [-0.4, -0.2) is 30.7 Å². The van der Waals surface area contributed by atoms with Crippen LogP contribution in [0.15, 0.2) is 12.7 Å².